The van der Waals surface area contributed by atoms with Crippen LogP contribution in [0.3, 0.4) is 0 Å². The molecule has 0 N–H and O–H groups in total. The first-order chi connectivity index (χ1) is 2.71. The first-order valence-corrected chi connectivity index (χ1v) is 5.95. The fourth-order valence-corrected chi connectivity index (χ4v) is 2.90. The van der Waals surface area contributed by atoms with Crippen molar-refractivity contribution in [3.63, 3.8) is 0 Å². The average Bonchev–Trinajstić information content (AvgIpc) is 1.32. The van der Waals surface area contributed by atoms with Crippen molar-refractivity contribution in [3.05, 3.63) is 0 Å². The van der Waals surface area contributed by atoms with Gasteiger partial charge in [-0.05, 0) is 0 Å². The molecule has 0 atom stereocenters. The fourth-order valence-electron chi connectivity index (χ4n) is 0.0801. The van der Waals surface area contributed by atoms with Crippen LogP contribution in [0.5, 0.6) is 0 Å². The van der Waals surface area contributed by atoms with Crippen LogP contribution in [-0.2, 0) is 25.0 Å². The van der Waals surface area contributed by atoms with Crippen molar-refractivity contribution >= 4 is 24.1 Å². The molecular formula is BiCrO4. The average molecular weight is 325 g/mol. The van der Waals surface area contributed by atoms with Gasteiger partial charge >= 0.3 is 49.1 Å². The first-order valence-electron chi connectivity index (χ1n) is 1.03. The summed E-state index contributed by atoms with van der Waals surface area (Å²) in [5.41, 5.74) is 0. The minimum absolute atomic E-state index is 1.34. The molecule has 6 heavy (non-hydrogen) atoms. The minimum atomic E-state index is -4.02. The van der Waals surface area contributed by atoms with Gasteiger partial charge < -0.3 is 0 Å². The molecule has 0 aromatic carbocycles. The van der Waals surface area contributed by atoms with Crippen molar-refractivity contribution in [1.82, 2.24) is 0 Å². The van der Waals surface area contributed by atoms with Crippen molar-refractivity contribution in [2.45, 2.75) is 0 Å². The van der Waals surface area contributed by atoms with Gasteiger partial charge in [-0.25, -0.2) is 0 Å². The second kappa shape index (κ2) is 1.46. The van der Waals surface area contributed by atoms with E-state index in [4.69, 9.17) is 0 Å². The van der Waals surface area contributed by atoms with E-state index in [9.17, 15) is 7.61 Å². The summed E-state index contributed by atoms with van der Waals surface area (Å²) in [5, 5.41) is 0. The van der Waals surface area contributed by atoms with Crippen molar-refractivity contribution < 1.29 is 25.0 Å². The molecule has 1 aliphatic heterocycles. The Morgan fingerprint density at radius 2 is 1.67 bits per heavy atom. The Kier molecular flexibility index (Phi) is 1.24. The zero-order valence-corrected chi connectivity index (χ0v) is 7.24. The summed E-state index contributed by atoms with van der Waals surface area (Å²) in [5.74, 6) is 0. The van der Waals surface area contributed by atoms with Crippen LogP contribution in [0.4, 0.5) is 0 Å². The van der Waals surface area contributed by atoms with Crippen LogP contribution in [0.2, 0.25) is 0 Å². The Bertz CT molecular complexity index is 122. The SMILES string of the molecule is [O]=[Cr]1(=[O])[O][Bi][O]1. The maximum absolute atomic E-state index is 9.76. The third-order valence-electron chi connectivity index (χ3n) is 0.243. The Balaban J connectivity index is 2.78. The molecule has 1 fully saturated rings. The summed E-state index contributed by atoms with van der Waals surface area (Å²) in [6.45, 7) is 0. The van der Waals surface area contributed by atoms with E-state index in [0.717, 1.165) is 0 Å². The van der Waals surface area contributed by atoms with E-state index < -0.39 is 37.7 Å². The van der Waals surface area contributed by atoms with E-state index in [1.807, 2.05) is 0 Å². The molecule has 1 radical (unpaired) electrons. The van der Waals surface area contributed by atoms with E-state index in [1.165, 1.54) is 0 Å². The number of rotatable bonds is 0. The second-order valence-electron chi connectivity index (χ2n) is 0.632. The van der Waals surface area contributed by atoms with E-state index in [-0.39, 0.29) is 0 Å². The van der Waals surface area contributed by atoms with Gasteiger partial charge in [-0.2, -0.15) is 0 Å². The van der Waals surface area contributed by atoms with E-state index in [1.54, 1.807) is 0 Å². The van der Waals surface area contributed by atoms with E-state index in [0.29, 0.717) is 0 Å². The quantitative estimate of drug-likeness (QED) is 0.550. The summed E-state index contributed by atoms with van der Waals surface area (Å²) in [4.78, 5) is 0. The molecule has 1 rings (SSSR count). The zero-order chi connectivity index (χ0) is 4.62. The van der Waals surface area contributed by atoms with Crippen molar-refractivity contribution in [1.29, 1.82) is 0 Å². The third kappa shape index (κ3) is 0.957. The van der Waals surface area contributed by atoms with Crippen LogP contribution < -0.4 is 0 Å². The van der Waals surface area contributed by atoms with Crippen molar-refractivity contribution in [2.24, 2.45) is 0 Å². The molecule has 4 nitrogen and oxygen atoms in total. The molecular weight excluding hydrogens is 325 g/mol. The molecule has 35 valence electrons. The predicted octanol–water partition coefficient (Wildman–Crippen LogP) is -0.758. The van der Waals surface area contributed by atoms with Gasteiger partial charge in [0.25, 0.3) is 0 Å². The molecule has 1 heterocycles. The van der Waals surface area contributed by atoms with Gasteiger partial charge in [-0.15, -0.1) is 0 Å². The van der Waals surface area contributed by atoms with Crippen LogP contribution >= 0.6 is 0 Å². The number of hydrogen-bond donors (Lipinski definition) is 0. The van der Waals surface area contributed by atoms with E-state index >= 15 is 0 Å². The monoisotopic (exact) mass is 325 g/mol. The van der Waals surface area contributed by atoms with Crippen LogP contribution in [0.1, 0.15) is 0 Å². The van der Waals surface area contributed by atoms with Gasteiger partial charge in [-0.1, -0.05) is 0 Å². The van der Waals surface area contributed by atoms with Gasteiger partial charge in [0.05, 0.1) is 0 Å². The van der Waals surface area contributed by atoms with Gasteiger partial charge in [0.1, 0.15) is 0 Å². The number of hydrogen-bond acceptors (Lipinski definition) is 4. The Labute approximate surface area is 49.0 Å². The maximum atomic E-state index is 9.76. The molecule has 0 bridgehead atoms. The molecule has 6 heteroatoms. The molecule has 0 aromatic rings. The van der Waals surface area contributed by atoms with Crippen LogP contribution in [0.15, 0.2) is 0 Å². The molecule has 0 saturated carbocycles. The topological polar surface area (TPSA) is 52.6 Å². The van der Waals surface area contributed by atoms with Crippen LogP contribution in [0.25, 0.3) is 0 Å². The normalized spacial score (nSPS) is 28.7. The predicted molar refractivity (Wildman–Crippen MR) is 9.30 cm³/mol. The van der Waals surface area contributed by atoms with Crippen LogP contribution in [0, 0.1) is 0 Å². The Morgan fingerprint density at radius 1 is 1.33 bits per heavy atom. The van der Waals surface area contributed by atoms with Gasteiger partial charge in [-0.3, -0.25) is 0 Å². The molecule has 0 aromatic heterocycles. The summed E-state index contributed by atoms with van der Waals surface area (Å²) in [7, 11) is 0. The molecule has 1 aliphatic rings. The summed E-state index contributed by atoms with van der Waals surface area (Å²) >= 11 is -5.36. The first kappa shape index (κ1) is 5.08. The standard InChI is InChI=1S/Bi.Cr.4O. The third-order valence-corrected chi connectivity index (χ3v) is 8.81. The van der Waals surface area contributed by atoms with Gasteiger partial charge in [0.15, 0.2) is 0 Å². The molecule has 0 amide bonds. The van der Waals surface area contributed by atoms with Gasteiger partial charge in [0.2, 0.25) is 0 Å². The molecule has 0 unspecified atom stereocenters. The van der Waals surface area contributed by atoms with Gasteiger partial charge in [0, 0.05) is 0 Å². The fraction of sp³-hybridized carbons (Fsp3) is 0. The van der Waals surface area contributed by atoms with Crippen LogP contribution in [-0.4, -0.2) is 24.1 Å². The zero-order valence-electron chi connectivity index (χ0n) is 2.49. The second-order valence-corrected chi connectivity index (χ2v) is 7.73. The Hall–Kier alpha value is 0.936. The van der Waals surface area contributed by atoms with E-state index in [2.05, 4.69) is 3.73 Å². The summed E-state index contributed by atoms with van der Waals surface area (Å²) in [6.07, 6.45) is 0. The Morgan fingerprint density at radius 3 is 1.67 bits per heavy atom. The molecule has 1 saturated heterocycles. The van der Waals surface area contributed by atoms with Crippen molar-refractivity contribution in [2.75, 3.05) is 0 Å². The van der Waals surface area contributed by atoms with Crippen molar-refractivity contribution in [3.8, 4) is 0 Å². The summed E-state index contributed by atoms with van der Waals surface area (Å²) in [6, 6.07) is 0. The summed E-state index contributed by atoms with van der Waals surface area (Å²) < 4.78 is 27.8. The molecule has 0 aliphatic carbocycles. The molecule has 0 spiro atoms.